The molecule has 0 aliphatic carbocycles. The lowest BCUT2D eigenvalue weighted by atomic mass is 10.2. The summed E-state index contributed by atoms with van der Waals surface area (Å²) < 4.78 is 0. The average Bonchev–Trinajstić information content (AvgIpc) is 3.12. The van der Waals surface area contributed by atoms with Gasteiger partial charge in [-0.15, -0.1) is 11.8 Å². The van der Waals surface area contributed by atoms with E-state index >= 15 is 0 Å². The number of thioether (sulfide) groups is 1. The molecule has 5 heteroatoms. The van der Waals surface area contributed by atoms with Gasteiger partial charge in [0.25, 0.3) is 0 Å². The fourth-order valence-corrected chi connectivity index (χ4v) is 4.01. The maximum atomic E-state index is 12.2. The number of carbonyl (C=O) groups is 1. The maximum Gasteiger partial charge on any atom is 0.234 e. The van der Waals surface area contributed by atoms with Gasteiger partial charge in [0, 0.05) is 17.0 Å². The molecule has 0 aliphatic heterocycles. The quantitative estimate of drug-likeness (QED) is 0.434. The van der Waals surface area contributed by atoms with Gasteiger partial charge in [0.15, 0.2) is 0 Å². The number of anilines is 1. The molecule has 2 N–H and O–H groups in total. The molecule has 0 radical (unpaired) electrons. The van der Waals surface area contributed by atoms with Crippen LogP contribution in [0.5, 0.6) is 0 Å². The lowest BCUT2D eigenvalue weighted by molar-refractivity contribution is -0.113. The molecule has 1 amide bonds. The zero-order valence-corrected chi connectivity index (χ0v) is 17.3. The fraction of sp³-hybridized carbons (Fsp3) is 0.167. The van der Waals surface area contributed by atoms with Crippen LogP contribution >= 0.6 is 11.8 Å². The van der Waals surface area contributed by atoms with Crippen LogP contribution in [0.15, 0.2) is 66.7 Å². The molecule has 0 unspecified atom stereocenters. The highest BCUT2D eigenvalue weighted by Crippen LogP contribution is 2.23. The van der Waals surface area contributed by atoms with Crippen LogP contribution in [0.1, 0.15) is 16.7 Å². The van der Waals surface area contributed by atoms with Crippen molar-refractivity contribution in [2.45, 2.75) is 19.6 Å². The second kappa shape index (κ2) is 8.53. The van der Waals surface area contributed by atoms with Gasteiger partial charge in [-0.05, 0) is 61.4 Å². The van der Waals surface area contributed by atoms with Crippen LogP contribution in [0, 0.1) is 13.8 Å². The molecular formula is C24H23N3OS. The molecule has 29 heavy (non-hydrogen) atoms. The number of imidazole rings is 1. The van der Waals surface area contributed by atoms with Crippen LogP contribution < -0.4 is 5.32 Å². The van der Waals surface area contributed by atoms with Crippen molar-refractivity contribution in [3.8, 4) is 11.4 Å². The third-order valence-corrected chi connectivity index (χ3v) is 5.67. The molecule has 4 rings (SSSR count). The first-order valence-electron chi connectivity index (χ1n) is 9.57. The van der Waals surface area contributed by atoms with Crippen LogP contribution in [-0.2, 0) is 10.5 Å². The summed E-state index contributed by atoms with van der Waals surface area (Å²) in [6, 6.07) is 22.3. The standard InChI is InChI=1S/C24H23N3OS/c1-16-4-3-5-18(12-16)14-29-15-23(28)25-20-9-7-19(8-10-20)24-26-21-11-6-17(2)13-22(21)27-24/h3-13H,14-15H2,1-2H3,(H,25,28)(H,26,27). The van der Waals surface area contributed by atoms with Gasteiger partial charge in [-0.25, -0.2) is 4.98 Å². The minimum absolute atomic E-state index is 0.00890. The zero-order valence-electron chi connectivity index (χ0n) is 16.5. The maximum absolute atomic E-state index is 12.2. The van der Waals surface area contributed by atoms with E-state index < -0.39 is 0 Å². The normalized spacial score (nSPS) is 11.0. The van der Waals surface area contributed by atoms with Crippen molar-refractivity contribution < 1.29 is 4.79 Å². The van der Waals surface area contributed by atoms with Crippen LogP contribution in [0.25, 0.3) is 22.4 Å². The lowest BCUT2D eigenvalue weighted by Gasteiger charge is -2.06. The minimum atomic E-state index is 0.00890. The van der Waals surface area contributed by atoms with Gasteiger partial charge in [0.05, 0.1) is 16.8 Å². The van der Waals surface area contributed by atoms with Crippen molar-refractivity contribution in [1.82, 2.24) is 9.97 Å². The van der Waals surface area contributed by atoms with Gasteiger partial charge in [0.1, 0.15) is 5.82 Å². The molecule has 0 spiro atoms. The number of aryl methyl sites for hydroxylation is 2. The fourth-order valence-electron chi connectivity index (χ4n) is 3.23. The number of fused-ring (bicyclic) bond motifs is 1. The van der Waals surface area contributed by atoms with E-state index in [1.807, 2.05) is 30.3 Å². The Morgan fingerprint density at radius 1 is 1.00 bits per heavy atom. The van der Waals surface area contributed by atoms with Crippen molar-refractivity contribution in [1.29, 1.82) is 0 Å². The number of hydrogen-bond acceptors (Lipinski definition) is 3. The number of nitrogens with one attached hydrogen (secondary N) is 2. The first-order valence-corrected chi connectivity index (χ1v) is 10.7. The second-order valence-corrected chi connectivity index (χ2v) is 8.20. The third-order valence-electron chi connectivity index (χ3n) is 4.66. The SMILES string of the molecule is Cc1cccc(CSCC(=O)Nc2ccc(-c3nc4ccc(C)cc4[nH]3)cc2)c1. The largest absolute Gasteiger partial charge is 0.338 e. The van der Waals surface area contributed by atoms with E-state index in [0.717, 1.165) is 33.9 Å². The van der Waals surface area contributed by atoms with Gasteiger partial charge in [-0.2, -0.15) is 0 Å². The molecule has 1 heterocycles. The number of rotatable bonds is 6. The van der Waals surface area contributed by atoms with Gasteiger partial charge in [-0.3, -0.25) is 4.79 Å². The van der Waals surface area contributed by atoms with E-state index in [0.29, 0.717) is 5.75 Å². The number of aromatic amines is 1. The third kappa shape index (κ3) is 4.87. The van der Waals surface area contributed by atoms with Crippen molar-refractivity contribution in [3.63, 3.8) is 0 Å². The van der Waals surface area contributed by atoms with E-state index in [4.69, 9.17) is 0 Å². The van der Waals surface area contributed by atoms with E-state index in [9.17, 15) is 4.79 Å². The molecule has 0 aliphatic rings. The van der Waals surface area contributed by atoms with Gasteiger partial charge < -0.3 is 10.3 Å². The Labute approximate surface area is 174 Å². The van der Waals surface area contributed by atoms with Gasteiger partial charge in [-0.1, -0.05) is 35.9 Å². The Balaban J connectivity index is 1.34. The summed E-state index contributed by atoms with van der Waals surface area (Å²) in [5, 5.41) is 2.96. The number of hydrogen-bond donors (Lipinski definition) is 2. The number of benzene rings is 3. The Kier molecular flexibility index (Phi) is 5.67. The summed E-state index contributed by atoms with van der Waals surface area (Å²) in [6.45, 7) is 4.15. The van der Waals surface area contributed by atoms with E-state index in [1.54, 1.807) is 11.8 Å². The highest BCUT2D eigenvalue weighted by Gasteiger charge is 2.07. The Morgan fingerprint density at radius 3 is 2.59 bits per heavy atom. The molecule has 1 aromatic heterocycles. The average molecular weight is 402 g/mol. The van der Waals surface area contributed by atoms with E-state index in [2.05, 4.69) is 65.5 Å². The Morgan fingerprint density at radius 2 is 1.79 bits per heavy atom. The number of H-pyrrole nitrogens is 1. The summed E-state index contributed by atoms with van der Waals surface area (Å²) >= 11 is 1.62. The topological polar surface area (TPSA) is 57.8 Å². The predicted molar refractivity (Wildman–Crippen MR) is 122 cm³/mol. The molecule has 4 nitrogen and oxygen atoms in total. The smallest absolute Gasteiger partial charge is 0.234 e. The second-order valence-electron chi connectivity index (χ2n) is 7.21. The van der Waals surface area contributed by atoms with Crippen molar-refractivity contribution in [2.75, 3.05) is 11.1 Å². The first kappa shape index (κ1) is 19.3. The number of amides is 1. The Bertz CT molecular complexity index is 1150. The molecule has 0 saturated heterocycles. The first-order chi connectivity index (χ1) is 14.1. The van der Waals surface area contributed by atoms with E-state index in [-0.39, 0.29) is 5.91 Å². The Hall–Kier alpha value is -3.05. The monoisotopic (exact) mass is 401 g/mol. The minimum Gasteiger partial charge on any atom is -0.338 e. The van der Waals surface area contributed by atoms with Crippen molar-refractivity contribution >= 4 is 34.4 Å². The van der Waals surface area contributed by atoms with Crippen molar-refractivity contribution in [2.24, 2.45) is 0 Å². The molecule has 0 saturated carbocycles. The molecule has 3 aromatic carbocycles. The molecule has 4 aromatic rings. The van der Waals surface area contributed by atoms with Crippen molar-refractivity contribution in [3.05, 3.63) is 83.4 Å². The van der Waals surface area contributed by atoms with Crippen LogP contribution in [0.2, 0.25) is 0 Å². The molecular weight excluding hydrogens is 378 g/mol. The van der Waals surface area contributed by atoms with Crippen LogP contribution in [0.4, 0.5) is 5.69 Å². The van der Waals surface area contributed by atoms with Gasteiger partial charge >= 0.3 is 0 Å². The molecule has 146 valence electrons. The summed E-state index contributed by atoms with van der Waals surface area (Å²) in [5.41, 5.74) is 7.45. The highest BCUT2D eigenvalue weighted by atomic mass is 32.2. The van der Waals surface area contributed by atoms with E-state index in [1.165, 1.54) is 16.7 Å². The summed E-state index contributed by atoms with van der Waals surface area (Å²) in [4.78, 5) is 20.2. The summed E-state index contributed by atoms with van der Waals surface area (Å²) in [5.74, 6) is 2.10. The summed E-state index contributed by atoms with van der Waals surface area (Å²) in [6.07, 6.45) is 0. The predicted octanol–water partition coefficient (Wildman–Crippen LogP) is 5.72. The number of aromatic nitrogens is 2. The van der Waals surface area contributed by atoms with Crippen LogP contribution in [-0.4, -0.2) is 21.6 Å². The number of carbonyl (C=O) groups excluding carboxylic acids is 1. The molecule has 0 atom stereocenters. The molecule has 0 fully saturated rings. The zero-order chi connectivity index (χ0) is 20.2. The highest BCUT2D eigenvalue weighted by molar-refractivity contribution is 7.99. The van der Waals surface area contributed by atoms with Gasteiger partial charge in [0.2, 0.25) is 5.91 Å². The lowest BCUT2D eigenvalue weighted by Crippen LogP contribution is -2.14. The summed E-state index contributed by atoms with van der Waals surface area (Å²) in [7, 11) is 0. The van der Waals surface area contributed by atoms with Crippen LogP contribution in [0.3, 0.4) is 0 Å². The molecule has 0 bridgehead atoms. The number of nitrogens with zero attached hydrogens (tertiary/aromatic N) is 1.